The van der Waals surface area contributed by atoms with Gasteiger partial charge in [-0.05, 0) is 42.5 Å². The number of carbonyl (C=O) groups excluding carboxylic acids is 2. The van der Waals surface area contributed by atoms with E-state index in [1.165, 1.54) is 12.1 Å². The lowest BCUT2D eigenvalue weighted by Crippen LogP contribution is -2.12. The Balaban J connectivity index is 2.13. The Hall–Kier alpha value is -3.28. The highest BCUT2D eigenvalue weighted by atomic mass is 16.5. The van der Waals surface area contributed by atoms with Crippen LogP contribution >= 0.6 is 0 Å². The summed E-state index contributed by atoms with van der Waals surface area (Å²) in [6, 6.07) is 11.7. The maximum atomic E-state index is 12.0. The van der Waals surface area contributed by atoms with Crippen LogP contribution < -0.4 is 20.5 Å². The molecule has 2 aromatic carbocycles. The predicted octanol–water partition coefficient (Wildman–Crippen LogP) is 2.45. The molecule has 0 fully saturated rings. The number of anilines is 1. The number of hydrogen-bond donors (Lipinski definition) is 2. The van der Waals surface area contributed by atoms with Crippen molar-refractivity contribution in [3.63, 3.8) is 0 Å². The minimum absolute atomic E-state index is 0.325. The van der Waals surface area contributed by atoms with Crippen molar-refractivity contribution in [2.75, 3.05) is 19.5 Å². The summed E-state index contributed by atoms with van der Waals surface area (Å²) < 4.78 is 10.4. The van der Waals surface area contributed by atoms with Crippen LogP contribution in [0.5, 0.6) is 11.5 Å². The van der Waals surface area contributed by atoms with Crippen molar-refractivity contribution in [2.24, 2.45) is 5.73 Å². The maximum Gasteiger partial charge on any atom is 0.248 e. The van der Waals surface area contributed by atoms with Gasteiger partial charge in [-0.15, -0.1) is 0 Å². The zero-order valence-corrected chi connectivity index (χ0v) is 13.4. The Morgan fingerprint density at radius 3 is 2.54 bits per heavy atom. The molecule has 2 amide bonds. The summed E-state index contributed by atoms with van der Waals surface area (Å²) in [4.78, 5) is 23.2. The number of ether oxygens (including phenoxy) is 2. The number of amides is 2. The zero-order chi connectivity index (χ0) is 17.5. The SMILES string of the molecule is COc1ccc(OC)c(/C=C/C(=O)Nc2cccc(C(N)=O)c2)c1. The fourth-order valence-electron chi connectivity index (χ4n) is 2.07. The Kier molecular flexibility index (Phi) is 5.57. The van der Waals surface area contributed by atoms with Gasteiger partial charge in [-0.2, -0.15) is 0 Å². The molecule has 124 valence electrons. The first-order chi connectivity index (χ1) is 11.5. The van der Waals surface area contributed by atoms with Gasteiger partial charge in [-0.25, -0.2) is 0 Å². The van der Waals surface area contributed by atoms with E-state index >= 15 is 0 Å². The molecule has 0 unspecified atom stereocenters. The van der Waals surface area contributed by atoms with E-state index in [4.69, 9.17) is 15.2 Å². The normalized spacial score (nSPS) is 10.4. The predicted molar refractivity (Wildman–Crippen MR) is 92.2 cm³/mol. The van der Waals surface area contributed by atoms with E-state index in [-0.39, 0.29) is 5.91 Å². The molecular formula is C18H18N2O4. The Labute approximate surface area is 139 Å². The van der Waals surface area contributed by atoms with Gasteiger partial charge in [0.2, 0.25) is 11.8 Å². The second-order valence-corrected chi connectivity index (χ2v) is 4.88. The molecule has 0 atom stereocenters. The summed E-state index contributed by atoms with van der Waals surface area (Å²) in [5, 5.41) is 2.67. The first-order valence-electron chi connectivity index (χ1n) is 7.14. The van der Waals surface area contributed by atoms with E-state index in [1.807, 2.05) is 0 Å². The molecule has 0 saturated carbocycles. The molecule has 6 nitrogen and oxygen atoms in total. The smallest absolute Gasteiger partial charge is 0.248 e. The minimum atomic E-state index is -0.553. The van der Waals surface area contributed by atoms with E-state index < -0.39 is 5.91 Å². The van der Waals surface area contributed by atoms with Crippen LogP contribution in [-0.2, 0) is 4.79 Å². The van der Waals surface area contributed by atoms with Crippen molar-refractivity contribution < 1.29 is 19.1 Å². The Morgan fingerprint density at radius 1 is 1.08 bits per heavy atom. The van der Waals surface area contributed by atoms with Gasteiger partial charge in [0.05, 0.1) is 14.2 Å². The molecule has 6 heteroatoms. The average Bonchev–Trinajstić information content (AvgIpc) is 2.59. The fraction of sp³-hybridized carbons (Fsp3) is 0.111. The van der Waals surface area contributed by atoms with Gasteiger partial charge in [0.25, 0.3) is 0 Å². The second kappa shape index (κ2) is 7.82. The number of nitrogens with two attached hydrogens (primary N) is 1. The van der Waals surface area contributed by atoms with Gasteiger partial charge in [0, 0.05) is 22.9 Å². The quantitative estimate of drug-likeness (QED) is 0.798. The van der Waals surface area contributed by atoms with E-state index in [1.54, 1.807) is 56.7 Å². The van der Waals surface area contributed by atoms with Crippen molar-refractivity contribution in [2.45, 2.75) is 0 Å². The van der Waals surface area contributed by atoms with Crippen LogP contribution in [0.3, 0.4) is 0 Å². The molecule has 0 aliphatic heterocycles. The number of rotatable bonds is 6. The lowest BCUT2D eigenvalue weighted by atomic mass is 10.1. The molecule has 2 rings (SSSR count). The number of benzene rings is 2. The lowest BCUT2D eigenvalue weighted by molar-refractivity contribution is -0.111. The Bertz CT molecular complexity index is 784. The third-order valence-electron chi connectivity index (χ3n) is 3.27. The first-order valence-corrected chi connectivity index (χ1v) is 7.14. The van der Waals surface area contributed by atoms with E-state index in [9.17, 15) is 9.59 Å². The number of hydrogen-bond acceptors (Lipinski definition) is 4. The third-order valence-corrected chi connectivity index (χ3v) is 3.27. The van der Waals surface area contributed by atoms with Gasteiger partial charge in [0.1, 0.15) is 11.5 Å². The van der Waals surface area contributed by atoms with Crippen molar-refractivity contribution in [1.82, 2.24) is 0 Å². The van der Waals surface area contributed by atoms with Crippen molar-refractivity contribution in [1.29, 1.82) is 0 Å². The number of methoxy groups -OCH3 is 2. The highest BCUT2D eigenvalue weighted by Gasteiger charge is 2.05. The van der Waals surface area contributed by atoms with E-state index in [0.29, 0.717) is 28.3 Å². The molecule has 0 spiro atoms. The monoisotopic (exact) mass is 326 g/mol. The highest BCUT2D eigenvalue weighted by molar-refractivity contribution is 6.03. The lowest BCUT2D eigenvalue weighted by Gasteiger charge is -2.07. The largest absolute Gasteiger partial charge is 0.497 e. The zero-order valence-electron chi connectivity index (χ0n) is 13.4. The third kappa shape index (κ3) is 4.36. The molecule has 0 aliphatic rings. The molecular weight excluding hydrogens is 308 g/mol. The summed E-state index contributed by atoms with van der Waals surface area (Å²) in [5.74, 6) is 0.379. The van der Waals surface area contributed by atoms with Crippen LogP contribution in [0.15, 0.2) is 48.5 Å². The van der Waals surface area contributed by atoms with Crippen molar-refractivity contribution in [3.8, 4) is 11.5 Å². The van der Waals surface area contributed by atoms with Crippen LogP contribution in [0.4, 0.5) is 5.69 Å². The molecule has 0 aromatic heterocycles. The summed E-state index contributed by atoms with van der Waals surface area (Å²) in [6.45, 7) is 0. The van der Waals surface area contributed by atoms with Gasteiger partial charge in [-0.1, -0.05) is 6.07 Å². The number of nitrogens with one attached hydrogen (secondary N) is 1. The second-order valence-electron chi connectivity index (χ2n) is 4.88. The fourth-order valence-corrected chi connectivity index (χ4v) is 2.07. The van der Waals surface area contributed by atoms with E-state index in [2.05, 4.69) is 5.32 Å². The summed E-state index contributed by atoms with van der Waals surface area (Å²) >= 11 is 0. The van der Waals surface area contributed by atoms with E-state index in [0.717, 1.165) is 0 Å². The topological polar surface area (TPSA) is 90.7 Å². The molecule has 0 bridgehead atoms. The van der Waals surface area contributed by atoms with Crippen LogP contribution in [0.25, 0.3) is 6.08 Å². The number of carbonyl (C=O) groups is 2. The van der Waals surface area contributed by atoms with Gasteiger partial charge < -0.3 is 20.5 Å². The standard InChI is InChI=1S/C18H18N2O4/c1-23-15-7-8-16(24-2)12(11-15)6-9-17(21)20-14-5-3-4-13(10-14)18(19)22/h3-11H,1-2H3,(H2,19,22)(H,20,21)/b9-6+. The van der Waals surface area contributed by atoms with Crippen LogP contribution in [-0.4, -0.2) is 26.0 Å². The maximum absolute atomic E-state index is 12.0. The van der Waals surface area contributed by atoms with Crippen LogP contribution in [0.1, 0.15) is 15.9 Å². The number of primary amides is 1. The molecule has 2 aromatic rings. The molecule has 0 aliphatic carbocycles. The van der Waals surface area contributed by atoms with Crippen molar-refractivity contribution in [3.05, 3.63) is 59.7 Å². The molecule has 0 heterocycles. The average molecular weight is 326 g/mol. The van der Waals surface area contributed by atoms with Crippen LogP contribution in [0, 0.1) is 0 Å². The highest BCUT2D eigenvalue weighted by Crippen LogP contribution is 2.25. The molecule has 24 heavy (non-hydrogen) atoms. The first kappa shape index (κ1) is 17.1. The molecule has 3 N–H and O–H groups in total. The molecule has 0 radical (unpaired) electrons. The van der Waals surface area contributed by atoms with Gasteiger partial charge in [-0.3, -0.25) is 9.59 Å². The minimum Gasteiger partial charge on any atom is -0.497 e. The van der Waals surface area contributed by atoms with Gasteiger partial charge >= 0.3 is 0 Å². The summed E-state index contributed by atoms with van der Waals surface area (Å²) in [5.41, 5.74) is 6.73. The van der Waals surface area contributed by atoms with Crippen molar-refractivity contribution >= 4 is 23.6 Å². The summed E-state index contributed by atoms with van der Waals surface area (Å²) in [7, 11) is 3.11. The van der Waals surface area contributed by atoms with Gasteiger partial charge in [0.15, 0.2) is 0 Å². The summed E-state index contributed by atoms with van der Waals surface area (Å²) in [6.07, 6.45) is 2.99. The van der Waals surface area contributed by atoms with Crippen LogP contribution in [0.2, 0.25) is 0 Å². The Morgan fingerprint density at radius 2 is 1.88 bits per heavy atom. The molecule has 0 saturated heterocycles.